The van der Waals surface area contributed by atoms with Crippen LogP contribution in [0.3, 0.4) is 0 Å². The predicted molar refractivity (Wildman–Crippen MR) is 76.6 cm³/mol. The first-order chi connectivity index (χ1) is 9.25. The van der Waals surface area contributed by atoms with E-state index in [-0.39, 0.29) is 17.9 Å². The highest BCUT2D eigenvalue weighted by Gasteiger charge is 2.30. The van der Waals surface area contributed by atoms with Crippen molar-refractivity contribution in [2.75, 3.05) is 6.54 Å². The highest BCUT2D eigenvalue weighted by molar-refractivity contribution is 5.83. The maximum Gasteiger partial charge on any atom is 0.222 e. The molecule has 0 radical (unpaired) electrons. The Morgan fingerprint density at radius 1 is 1.16 bits per heavy atom. The van der Waals surface area contributed by atoms with Gasteiger partial charge >= 0.3 is 0 Å². The van der Waals surface area contributed by atoms with Crippen molar-refractivity contribution in [3.05, 3.63) is 48.0 Å². The number of amides is 1. The number of nitrogens with one attached hydrogen (secondary N) is 1. The van der Waals surface area contributed by atoms with Crippen LogP contribution in [0.4, 0.5) is 0 Å². The highest BCUT2D eigenvalue weighted by Crippen LogP contribution is 2.30. The predicted octanol–water partition coefficient (Wildman–Crippen LogP) is 2.37. The van der Waals surface area contributed by atoms with Crippen LogP contribution in [-0.2, 0) is 4.79 Å². The third kappa shape index (κ3) is 2.34. The minimum Gasteiger partial charge on any atom is -0.369 e. The second-order valence-electron chi connectivity index (χ2n) is 5.19. The maximum atomic E-state index is 11.6. The van der Waals surface area contributed by atoms with Gasteiger partial charge in [0.1, 0.15) is 0 Å². The number of carbonyl (C=O) groups is 1. The van der Waals surface area contributed by atoms with Crippen LogP contribution in [0.1, 0.15) is 24.4 Å². The first-order valence-corrected chi connectivity index (χ1v) is 6.77. The molecule has 2 unspecified atom stereocenters. The van der Waals surface area contributed by atoms with E-state index in [0.717, 1.165) is 24.9 Å². The molecular formula is C16H18N2O. The fraction of sp³-hybridized carbons (Fsp3) is 0.312. The molecule has 98 valence electrons. The highest BCUT2D eigenvalue weighted by atomic mass is 16.1. The Morgan fingerprint density at radius 2 is 1.95 bits per heavy atom. The summed E-state index contributed by atoms with van der Waals surface area (Å²) in [5.41, 5.74) is 6.68. The molecule has 3 nitrogen and oxygen atoms in total. The summed E-state index contributed by atoms with van der Waals surface area (Å²) in [5.74, 6) is -0.305. The van der Waals surface area contributed by atoms with Crippen molar-refractivity contribution in [3.8, 4) is 0 Å². The molecule has 0 saturated carbocycles. The van der Waals surface area contributed by atoms with Crippen LogP contribution in [0.5, 0.6) is 0 Å². The van der Waals surface area contributed by atoms with Gasteiger partial charge in [-0.05, 0) is 41.8 Å². The number of carbonyl (C=O) groups excluding carboxylic acids is 1. The number of primary amides is 1. The lowest BCUT2D eigenvalue weighted by Gasteiger charge is -2.31. The number of rotatable bonds is 2. The lowest BCUT2D eigenvalue weighted by molar-refractivity contribution is -0.123. The van der Waals surface area contributed by atoms with Gasteiger partial charge in [0, 0.05) is 6.04 Å². The summed E-state index contributed by atoms with van der Waals surface area (Å²) in [6.07, 6.45) is 1.89. The van der Waals surface area contributed by atoms with Gasteiger partial charge in [-0.25, -0.2) is 0 Å². The molecule has 2 aromatic carbocycles. The quantitative estimate of drug-likeness (QED) is 0.864. The number of nitrogens with two attached hydrogens (primary N) is 1. The molecular weight excluding hydrogens is 236 g/mol. The maximum absolute atomic E-state index is 11.6. The van der Waals surface area contributed by atoms with Gasteiger partial charge in [-0.2, -0.15) is 0 Å². The lowest BCUT2D eigenvalue weighted by Crippen LogP contribution is -2.40. The zero-order valence-electron chi connectivity index (χ0n) is 10.8. The van der Waals surface area contributed by atoms with Crippen LogP contribution in [0, 0.1) is 5.92 Å². The second-order valence-corrected chi connectivity index (χ2v) is 5.19. The smallest absolute Gasteiger partial charge is 0.222 e. The molecule has 1 aliphatic heterocycles. The van der Waals surface area contributed by atoms with Gasteiger partial charge in [0.25, 0.3) is 0 Å². The number of piperidine rings is 1. The Hall–Kier alpha value is -1.87. The van der Waals surface area contributed by atoms with Crippen molar-refractivity contribution in [1.82, 2.24) is 5.32 Å². The Bertz CT molecular complexity index is 608. The van der Waals surface area contributed by atoms with Crippen LogP contribution >= 0.6 is 0 Å². The van der Waals surface area contributed by atoms with Gasteiger partial charge in [0.05, 0.1) is 5.92 Å². The van der Waals surface area contributed by atoms with Crippen molar-refractivity contribution in [3.63, 3.8) is 0 Å². The van der Waals surface area contributed by atoms with E-state index in [1.165, 1.54) is 10.8 Å². The van der Waals surface area contributed by atoms with E-state index < -0.39 is 0 Å². The van der Waals surface area contributed by atoms with Gasteiger partial charge < -0.3 is 11.1 Å². The van der Waals surface area contributed by atoms with E-state index in [4.69, 9.17) is 5.73 Å². The molecule has 1 amide bonds. The fourth-order valence-corrected chi connectivity index (χ4v) is 2.95. The molecule has 0 aromatic heterocycles. The molecule has 3 N–H and O–H groups in total. The van der Waals surface area contributed by atoms with Crippen molar-refractivity contribution in [1.29, 1.82) is 0 Å². The van der Waals surface area contributed by atoms with Crippen molar-refractivity contribution in [2.24, 2.45) is 11.7 Å². The molecule has 0 bridgehead atoms. The number of hydrogen-bond acceptors (Lipinski definition) is 2. The summed E-state index contributed by atoms with van der Waals surface area (Å²) >= 11 is 0. The summed E-state index contributed by atoms with van der Waals surface area (Å²) in [7, 11) is 0. The van der Waals surface area contributed by atoms with E-state index in [1.807, 2.05) is 12.1 Å². The molecule has 3 rings (SSSR count). The summed E-state index contributed by atoms with van der Waals surface area (Å²) in [6, 6.07) is 14.7. The Balaban J connectivity index is 1.99. The molecule has 1 heterocycles. The monoisotopic (exact) mass is 254 g/mol. The molecule has 3 heteroatoms. The standard InChI is InChI=1S/C16H18N2O/c17-16(19)14-6-3-9-18-15(14)13-8-7-11-4-1-2-5-12(11)10-13/h1-2,4-5,7-8,10,14-15,18H,3,6,9H2,(H2,17,19). The van der Waals surface area contributed by atoms with Crippen LogP contribution in [0.25, 0.3) is 10.8 Å². The molecule has 1 fully saturated rings. The SMILES string of the molecule is NC(=O)C1CCCNC1c1ccc2ccccc2c1. The normalized spacial score (nSPS) is 23.4. The third-order valence-electron chi connectivity index (χ3n) is 3.96. The number of hydrogen-bond donors (Lipinski definition) is 2. The third-order valence-corrected chi connectivity index (χ3v) is 3.96. The Morgan fingerprint density at radius 3 is 2.74 bits per heavy atom. The van der Waals surface area contributed by atoms with Crippen LogP contribution in [-0.4, -0.2) is 12.5 Å². The zero-order chi connectivity index (χ0) is 13.2. The van der Waals surface area contributed by atoms with E-state index in [1.54, 1.807) is 0 Å². The molecule has 1 saturated heterocycles. The van der Waals surface area contributed by atoms with Crippen molar-refractivity contribution in [2.45, 2.75) is 18.9 Å². The molecule has 0 spiro atoms. The minimum absolute atomic E-state index is 0.0517. The summed E-state index contributed by atoms with van der Waals surface area (Å²) in [5, 5.41) is 5.86. The van der Waals surface area contributed by atoms with Gasteiger partial charge in [-0.15, -0.1) is 0 Å². The molecule has 19 heavy (non-hydrogen) atoms. The average Bonchev–Trinajstić information content (AvgIpc) is 2.46. The first-order valence-electron chi connectivity index (χ1n) is 6.77. The molecule has 2 atom stereocenters. The van der Waals surface area contributed by atoms with Crippen LogP contribution < -0.4 is 11.1 Å². The van der Waals surface area contributed by atoms with Gasteiger partial charge in [0.2, 0.25) is 5.91 Å². The molecule has 2 aromatic rings. The zero-order valence-corrected chi connectivity index (χ0v) is 10.8. The second kappa shape index (κ2) is 5.02. The Labute approximate surface area is 112 Å². The minimum atomic E-state index is -0.203. The summed E-state index contributed by atoms with van der Waals surface area (Å²) in [6.45, 7) is 0.946. The van der Waals surface area contributed by atoms with E-state index >= 15 is 0 Å². The molecule has 0 aliphatic carbocycles. The Kier molecular flexibility index (Phi) is 3.22. The van der Waals surface area contributed by atoms with Crippen molar-refractivity contribution >= 4 is 16.7 Å². The first kappa shape index (κ1) is 12.2. The fourth-order valence-electron chi connectivity index (χ4n) is 2.95. The largest absolute Gasteiger partial charge is 0.369 e. The van der Waals surface area contributed by atoms with E-state index in [0.29, 0.717) is 0 Å². The van der Waals surface area contributed by atoms with Gasteiger partial charge in [-0.3, -0.25) is 4.79 Å². The lowest BCUT2D eigenvalue weighted by atomic mass is 9.85. The van der Waals surface area contributed by atoms with E-state index in [2.05, 4.69) is 35.6 Å². The number of fused-ring (bicyclic) bond motifs is 1. The summed E-state index contributed by atoms with van der Waals surface area (Å²) in [4.78, 5) is 11.6. The van der Waals surface area contributed by atoms with Crippen molar-refractivity contribution < 1.29 is 4.79 Å². The average molecular weight is 254 g/mol. The topological polar surface area (TPSA) is 55.1 Å². The van der Waals surface area contributed by atoms with Crippen LogP contribution in [0.2, 0.25) is 0 Å². The molecule has 1 aliphatic rings. The number of benzene rings is 2. The van der Waals surface area contributed by atoms with Gasteiger partial charge in [0.15, 0.2) is 0 Å². The van der Waals surface area contributed by atoms with Gasteiger partial charge in [-0.1, -0.05) is 36.4 Å². The summed E-state index contributed by atoms with van der Waals surface area (Å²) < 4.78 is 0. The van der Waals surface area contributed by atoms with E-state index in [9.17, 15) is 4.79 Å². The van der Waals surface area contributed by atoms with Crippen LogP contribution in [0.15, 0.2) is 42.5 Å².